The highest BCUT2D eigenvalue weighted by Crippen LogP contribution is 2.16. The Bertz CT molecular complexity index is 261. The van der Waals surface area contributed by atoms with Crippen LogP contribution in [-0.2, 0) is 4.79 Å². The topological polar surface area (TPSA) is 49.3 Å². The molecule has 3 nitrogen and oxygen atoms in total. The zero-order chi connectivity index (χ0) is 9.19. The molecule has 1 amide bonds. The van der Waals surface area contributed by atoms with Gasteiger partial charge in [0.15, 0.2) is 0 Å². The lowest BCUT2D eigenvalue weighted by molar-refractivity contribution is -0.130. The van der Waals surface area contributed by atoms with E-state index in [1.807, 2.05) is 11.4 Å². The highest BCUT2D eigenvalue weighted by Gasteiger charge is 2.23. The van der Waals surface area contributed by atoms with Crippen molar-refractivity contribution in [2.45, 2.75) is 19.4 Å². The molecule has 1 aromatic rings. The molecular formula is C8H11NO2S. The number of nitrogens with one attached hydrogen (secondary N) is 1. The number of rotatable bonds is 2. The highest BCUT2D eigenvalue weighted by atomic mass is 32.1. The van der Waals surface area contributed by atoms with E-state index in [9.17, 15) is 9.90 Å². The normalized spacial score (nSPS) is 11.2. The largest absolute Gasteiger partial charge is 0.381 e. The molecule has 0 aliphatic rings. The van der Waals surface area contributed by atoms with Gasteiger partial charge < -0.3 is 10.4 Å². The summed E-state index contributed by atoms with van der Waals surface area (Å²) in [6.45, 7) is 2.91. The molecule has 0 atom stereocenters. The van der Waals surface area contributed by atoms with Gasteiger partial charge in [0.2, 0.25) is 0 Å². The molecule has 0 saturated carbocycles. The Labute approximate surface area is 75.0 Å². The molecule has 0 aromatic carbocycles. The predicted molar refractivity (Wildman–Crippen MR) is 49.2 cm³/mol. The number of anilines is 1. The standard InChI is InChI=1S/C8H11NO2S/c1-8(2,11)7(10)9-6-4-3-5-12-6/h3-5,11H,1-2H3,(H,9,10). The fourth-order valence-electron chi connectivity index (χ4n) is 0.615. The minimum Gasteiger partial charge on any atom is -0.381 e. The van der Waals surface area contributed by atoms with Gasteiger partial charge in [-0.15, -0.1) is 11.3 Å². The molecule has 0 aliphatic carbocycles. The van der Waals surface area contributed by atoms with E-state index < -0.39 is 5.60 Å². The number of hydrogen-bond acceptors (Lipinski definition) is 3. The third-order valence-corrected chi connectivity index (χ3v) is 2.10. The molecule has 0 aliphatic heterocycles. The Morgan fingerprint density at radius 1 is 1.67 bits per heavy atom. The first kappa shape index (κ1) is 9.22. The summed E-state index contributed by atoms with van der Waals surface area (Å²) in [6.07, 6.45) is 0. The molecule has 0 bridgehead atoms. The van der Waals surface area contributed by atoms with E-state index in [-0.39, 0.29) is 5.91 Å². The lowest BCUT2D eigenvalue weighted by Gasteiger charge is -2.15. The number of thiophene rings is 1. The van der Waals surface area contributed by atoms with Crippen LogP contribution in [0.1, 0.15) is 13.8 Å². The second-order valence-corrected chi connectivity index (χ2v) is 3.94. The van der Waals surface area contributed by atoms with Gasteiger partial charge in [0.1, 0.15) is 5.60 Å². The molecule has 1 rings (SSSR count). The van der Waals surface area contributed by atoms with E-state index in [2.05, 4.69) is 5.32 Å². The van der Waals surface area contributed by atoms with Crippen molar-refractivity contribution in [2.75, 3.05) is 5.32 Å². The van der Waals surface area contributed by atoms with Crippen LogP contribution in [0.25, 0.3) is 0 Å². The molecule has 0 unspecified atom stereocenters. The summed E-state index contributed by atoms with van der Waals surface area (Å²) in [4.78, 5) is 11.2. The lowest BCUT2D eigenvalue weighted by Crippen LogP contribution is -2.36. The van der Waals surface area contributed by atoms with Gasteiger partial charge in [-0.1, -0.05) is 0 Å². The van der Waals surface area contributed by atoms with Gasteiger partial charge in [-0.2, -0.15) is 0 Å². The first-order valence-electron chi connectivity index (χ1n) is 3.57. The Balaban J connectivity index is 2.60. The maximum absolute atomic E-state index is 11.2. The smallest absolute Gasteiger partial charge is 0.256 e. The first-order chi connectivity index (χ1) is 5.50. The second kappa shape index (κ2) is 3.25. The maximum atomic E-state index is 11.2. The quantitative estimate of drug-likeness (QED) is 0.732. The Kier molecular flexibility index (Phi) is 2.49. The van der Waals surface area contributed by atoms with Crippen molar-refractivity contribution in [1.29, 1.82) is 0 Å². The van der Waals surface area contributed by atoms with Gasteiger partial charge in [0, 0.05) is 0 Å². The molecule has 66 valence electrons. The van der Waals surface area contributed by atoms with E-state index in [4.69, 9.17) is 0 Å². The van der Waals surface area contributed by atoms with E-state index in [0.29, 0.717) is 0 Å². The Morgan fingerprint density at radius 3 is 2.75 bits per heavy atom. The second-order valence-electron chi connectivity index (χ2n) is 2.99. The lowest BCUT2D eigenvalue weighted by atomic mass is 10.1. The minimum absolute atomic E-state index is 0.384. The van der Waals surface area contributed by atoms with E-state index in [1.165, 1.54) is 25.2 Å². The average molecular weight is 185 g/mol. The van der Waals surface area contributed by atoms with Gasteiger partial charge in [-0.3, -0.25) is 4.79 Å². The number of aliphatic hydroxyl groups is 1. The third-order valence-electron chi connectivity index (χ3n) is 1.31. The van der Waals surface area contributed by atoms with Crippen LogP contribution >= 0.6 is 11.3 Å². The molecular weight excluding hydrogens is 174 g/mol. The summed E-state index contributed by atoms with van der Waals surface area (Å²) < 4.78 is 0. The van der Waals surface area contributed by atoms with E-state index in [1.54, 1.807) is 6.07 Å². The summed E-state index contributed by atoms with van der Waals surface area (Å²) in [5.74, 6) is -0.384. The van der Waals surface area contributed by atoms with Crippen molar-refractivity contribution in [3.05, 3.63) is 17.5 Å². The molecule has 0 fully saturated rings. The molecule has 1 aromatic heterocycles. The first-order valence-corrected chi connectivity index (χ1v) is 4.45. The molecule has 4 heteroatoms. The van der Waals surface area contributed by atoms with Crippen LogP contribution < -0.4 is 5.32 Å². The highest BCUT2D eigenvalue weighted by molar-refractivity contribution is 7.14. The van der Waals surface area contributed by atoms with E-state index >= 15 is 0 Å². The van der Waals surface area contributed by atoms with Crippen LogP contribution in [0.4, 0.5) is 5.00 Å². The van der Waals surface area contributed by atoms with Crippen molar-refractivity contribution in [2.24, 2.45) is 0 Å². The van der Waals surface area contributed by atoms with Crippen LogP contribution in [0.15, 0.2) is 17.5 Å². The summed E-state index contributed by atoms with van der Waals surface area (Å²) in [5, 5.41) is 14.5. The van der Waals surface area contributed by atoms with Crippen LogP contribution in [0, 0.1) is 0 Å². The monoisotopic (exact) mass is 185 g/mol. The van der Waals surface area contributed by atoms with Crippen LogP contribution in [0.2, 0.25) is 0 Å². The molecule has 2 N–H and O–H groups in total. The fraction of sp³-hybridized carbons (Fsp3) is 0.375. The van der Waals surface area contributed by atoms with Crippen molar-refractivity contribution in [3.8, 4) is 0 Å². The van der Waals surface area contributed by atoms with Crippen molar-refractivity contribution in [3.63, 3.8) is 0 Å². The summed E-state index contributed by atoms with van der Waals surface area (Å²) in [5.41, 5.74) is -1.32. The third kappa shape index (κ3) is 2.32. The SMILES string of the molecule is CC(C)(O)C(=O)Nc1cccs1. The molecule has 12 heavy (non-hydrogen) atoms. The van der Waals surface area contributed by atoms with Crippen molar-refractivity contribution in [1.82, 2.24) is 0 Å². The van der Waals surface area contributed by atoms with Crippen molar-refractivity contribution < 1.29 is 9.90 Å². The predicted octanol–water partition coefficient (Wildman–Crippen LogP) is 1.46. The number of carbonyl (C=O) groups excluding carboxylic acids is 1. The maximum Gasteiger partial charge on any atom is 0.256 e. The zero-order valence-corrected chi connectivity index (χ0v) is 7.81. The molecule has 0 saturated heterocycles. The van der Waals surface area contributed by atoms with E-state index in [0.717, 1.165) is 5.00 Å². The van der Waals surface area contributed by atoms with Crippen LogP contribution in [0.3, 0.4) is 0 Å². The van der Waals surface area contributed by atoms with Gasteiger partial charge in [-0.05, 0) is 31.4 Å². The van der Waals surface area contributed by atoms with Crippen molar-refractivity contribution >= 4 is 22.2 Å². The Morgan fingerprint density at radius 2 is 2.33 bits per heavy atom. The molecule has 1 heterocycles. The Hall–Kier alpha value is -0.870. The van der Waals surface area contributed by atoms with Gasteiger partial charge in [0.25, 0.3) is 5.91 Å². The summed E-state index contributed by atoms with van der Waals surface area (Å²) >= 11 is 1.42. The minimum atomic E-state index is -1.32. The summed E-state index contributed by atoms with van der Waals surface area (Å²) in [7, 11) is 0. The van der Waals surface area contributed by atoms with Gasteiger partial charge in [0.05, 0.1) is 5.00 Å². The molecule has 0 radical (unpaired) electrons. The fourth-order valence-corrected chi connectivity index (χ4v) is 1.23. The number of carbonyl (C=O) groups is 1. The van der Waals surface area contributed by atoms with Crippen LogP contribution in [0.5, 0.6) is 0 Å². The number of amides is 1. The average Bonchev–Trinajstić information content (AvgIpc) is 2.37. The van der Waals surface area contributed by atoms with Gasteiger partial charge >= 0.3 is 0 Å². The van der Waals surface area contributed by atoms with Crippen LogP contribution in [-0.4, -0.2) is 16.6 Å². The number of hydrogen-bond donors (Lipinski definition) is 2. The van der Waals surface area contributed by atoms with Gasteiger partial charge in [-0.25, -0.2) is 0 Å². The molecule has 0 spiro atoms. The summed E-state index contributed by atoms with van der Waals surface area (Å²) in [6, 6.07) is 3.62. The zero-order valence-electron chi connectivity index (χ0n) is 7.00.